The Labute approximate surface area is 174 Å². The molecule has 29 heavy (non-hydrogen) atoms. The molecule has 6 heteroatoms. The molecule has 5 nitrogen and oxygen atoms in total. The lowest BCUT2D eigenvalue weighted by molar-refractivity contribution is 0.0927. The molecule has 3 rings (SSSR count). The molecule has 0 unspecified atom stereocenters. The number of aryl methyl sites for hydroxylation is 1. The Bertz CT molecular complexity index is 917. The van der Waals surface area contributed by atoms with Gasteiger partial charge in [-0.25, -0.2) is 8.42 Å². The molecule has 1 amide bonds. The van der Waals surface area contributed by atoms with Crippen molar-refractivity contribution in [2.24, 2.45) is 0 Å². The molecule has 156 valence electrons. The van der Waals surface area contributed by atoms with Crippen LogP contribution in [0.1, 0.15) is 67.8 Å². The first-order valence-electron chi connectivity index (χ1n) is 10.5. The number of hydrogen-bond donors (Lipinski definition) is 2. The molecule has 0 aromatic heterocycles. The van der Waals surface area contributed by atoms with Gasteiger partial charge in [0.15, 0.2) is 0 Å². The van der Waals surface area contributed by atoms with Gasteiger partial charge < -0.3 is 5.32 Å². The van der Waals surface area contributed by atoms with E-state index in [1.165, 1.54) is 24.1 Å². The minimum Gasteiger partial charge on any atom is -0.349 e. The van der Waals surface area contributed by atoms with Crippen molar-refractivity contribution in [1.82, 2.24) is 5.32 Å². The van der Waals surface area contributed by atoms with Crippen molar-refractivity contribution in [3.63, 3.8) is 0 Å². The Balaban J connectivity index is 1.68. The van der Waals surface area contributed by atoms with Crippen molar-refractivity contribution >= 4 is 21.6 Å². The maximum Gasteiger partial charge on any atom is 0.261 e. The van der Waals surface area contributed by atoms with E-state index < -0.39 is 10.0 Å². The first-order valence-corrected chi connectivity index (χ1v) is 12.0. The van der Waals surface area contributed by atoms with E-state index in [1.54, 1.807) is 24.3 Å². The summed E-state index contributed by atoms with van der Waals surface area (Å²) in [6, 6.07) is 13.8. The van der Waals surface area contributed by atoms with Crippen LogP contribution in [0.3, 0.4) is 0 Å². The molecule has 2 aromatic carbocycles. The highest BCUT2D eigenvalue weighted by atomic mass is 32.2. The van der Waals surface area contributed by atoms with Crippen molar-refractivity contribution in [3.8, 4) is 0 Å². The van der Waals surface area contributed by atoms with Gasteiger partial charge in [0.05, 0.1) is 4.90 Å². The summed E-state index contributed by atoms with van der Waals surface area (Å²) in [5, 5.41) is 3.03. The zero-order valence-electron chi connectivity index (χ0n) is 17.0. The van der Waals surface area contributed by atoms with Crippen LogP contribution in [0.2, 0.25) is 0 Å². The molecular weight excluding hydrogens is 384 g/mol. The SMILES string of the molecule is CCCCc1ccc(NS(=O)(=O)c2cccc(C(=O)NC3CCCCC3)c2)cc1. The molecule has 2 aromatic rings. The first-order chi connectivity index (χ1) is 14.0. The highest BCUT2D eigenvalue weighted by Crippen LogP contribution is 2.20. The molecule has 0 spiro atoms. The molecule has 0 bridgehead atoms. The van der Waals surface area contributed by atoms with E-state index in [-0.39, 0.29) is 16.8 Å². The number of sulfonamides is 1. The highest BCUT2D eigenvalue weighted by molar-refractivity contribution is 7.92. The molecule has 0 heterocycles. The number of benzene rings is 2. The number of rotatable bonds is 8. The zero-order valence-corrected chi connectivity index (χ0v) is 17.8. The monoisotopic (exact) mass is 414 g/mol. The Morgan fingerprint density at radius 1 is 1.03 bits per heavy atom. The third-order valence-corrected chi connectivity index (χ3v) is 6.75. The fourth-order valence-corrected chi connectivity index (χ4v) is 4.76. The van der Waals surface area contributed by atoms with Gasteiger partial charge in [0.2, 0.25) is 0 Å². The lowest BCUT2D eigenvalue weighted by Gasteiger charge is -2.22. The number of anilines is 1. The molecule has 2 N–H and O–H groups in total. The van der Waals surface area contributed by atoms with E-state index in [0.717, 1.165) is 44.9 Å². The fraction of sp³-hybridized carbons (Fsp3) is 0.435. The summed E-state index contributed by atoms with van der Waals surface area (Å²) in [7, 11) is -3.76. The van der Waals surface area contributed by atoms with E-state index >= 15 is 0 Å². The van der Waals surface area contributed by atoms with Gasteiger partial charge in [-0.15, -0.1) is 0 Å². The molecule has 1 saturated carbocycles. The minimum atomic E-state index is -3.76. The summed E-state index contributed by atoms with van der Waals surface area (Å²) in [4.78, 5) is 12.6. The summed E-state index contributed by atoms with van der Waals surface area (Å²) in [6.45, 7) is 2.14. The van der Waals surface area contributed by atoms with Crippen LogP contribution in [0.4, 0.5) is 5.69 Å². The van der Waals surface area contributed by atoms with Gasteiger partial charge >= 0.3 is 0 Å². The predicted molar refractivity (Wildman–Crippen MR) is 117 cm³/mol. The molecule has 1 fully saturated rings. The summed E-state index contributed by atoms with van der Waals surface area (Å²) >= 11 is 0. The third-order valence-electron chi connectivity index (χ3n) is 5.37. The Morgan fingerprint density at radius 2 is 1.76 bits per heavy atom. The van der Waals surface area contributed by atoms with E-state index in [9.17, 15) is 13.2 Å². The number of carbonyl (C=O) groups excluding carboxylic acids is 1. The van der Waals surface area contributed by atoms with Crippen LogP contribution < -0.4 is 10.0 Å². The number of nitrogens with one attached hydrogen (secondary N) is 2. The van der Waals surface area contributed by atoms with E-state index in [0.29, 0.717) is 11.3 Å². The highest BCUT2D eigenvalue weighted by Gasteiger charge is 2.19. The number of amides is 1. The van der Waals surface area contributed by atoms with Gasteiger partial charge in [0.1, 0.15) is 0 Å². The zero-order chi connectivity index (χ0) is 20.7. The number of hydrogen-bond acceptors (Lipinski definition) is 3. The van der Waals surface area contributed by atoms with E-state index in [2.05, 4.69) is 17.0 Å². The van der Waals surface area contributed by atoms with Gasteiger partial charge in [-0.1, -0.05) is 50.8 Å². The summed E-state index contributed by atoms with van der Waals surface area (Å²) < 4.78 is 28.2. The van der Waals surface area contributed by atoms with Crippen molar-refractivity contribution in [1.29, 1.82) is 0 Å². The van der Waals surface area contributed by atoms with Crippen LogP contribution >= 0.6 is 0 Å². The quantitative estimate of drug-likeness (QED) is 0.646. The van der Waals surface area contributed by atoms with E-state index in [4.69, 9.17) is 0 Å². The molecular formula is C23H30N2O3S. The van der Waals surface area contributed by atoms with Gasteiger partial charge in [0, 0.05) is 17.3 Å². The lowest BCUT2D eigenvalue weighted by Crippen LogP contribution is -2.36. The molecule has 0 radical (unpaired) electrons. The average Bonchev–Trinajstić information content (AvgIpc) is 2.74. The molecule has 0 aliphatic heterocycles. The third kappa shape index (κ3) is 6.07. The van der Waals surface area contributed by atoms with Crippen LogP contribution in [0.5, 0.6) is 0 Å². The lowest BCUT2D eigenvalue weighted by atomic mass is 9.95. The van der Waals surface area contributed by atoms with Gasteiger partial charge in [-0.3, -0.25) is 9.52 Å². The van der Waals surface area contributed by atoms with Crippen LogP contribution in [0, 0.1) is 0 Å². The predicted octanol–water partition coefficient (Wildman–Crippen LogP) is 4.89. The second-order valence-electron chi connectivity index (χ2n) is 7.74. The molecule has 0 atom stereocenters. The minimum absolute atomic E-state index is 0.0869. The Morgan fingerprint density at radius 3 is 2.45 bits per heavy atom. The van der Waals surface area contributed by atoms with Crippen LogP contribution in [-0.2, 0) is 16.4 Å². The van der Waals surface area contributed by atoms with Crippen molar-refractivity contribution in [2.75, 3.05) is 4.72 Å². The molecule has 1 aliphatic rings. The number of unbranched alkanes of at least 4 members (excludes halogenated alkanes) is 1. The Kier molecular flexibility index (Phi) is 7.31. The van der Waals surface area contributed by atoms with Crippen LogP contribution in [0.15, 0.2) is 53.4 Å². The topological polar surface area (TPSA) is 75.3 Å². The Hall–Kier alpha value is -2.34. The first kappa shape index (κ1) is 21.4. The normalized spacial score (nSPS) is 15.1. The summed E-state index contributed by atoms with van der Waals surface area (Å²) in [6.07, 6.45) is 8.66. The maximum atomic E-state index is 12.8. The second-order valence-corrected chi connectivity index (χ2v) is 9.42. The van der Waals surface area contributed by atoms with Crippen LogP contribution in [0.25, 0.3) is 0 Å². The van der Waals surface area contributed by atoms with Crippen molar-refractivity contribution in [3.05, 3.63) is 59.7 Å². The van der Waals surface area contributed by atoms with E-state index in [1.807, 2.05) is 12.1 Å². The van der Waals surface area contributed by atoms with Crippen LogP contribution in [-0.4, -0.2) is 20.4 Å². The van der Waals surface area contributed by atoms with Gasteiger partial charge in [-0.2, -0.15) is 0 Å². The van der Waals surface area contributed by atoms with Gasteiger partial charge in [0.25, 0.3) is 15.9 Å². The smallest absolute Gasteiger partial charge is 0.261 e. The molecule has 0 saturated heterocycles. The average molecular weight is 415 g/mol. The standard InChI is InChI=1S/C23H30N2O3S/c1-2-3-8-18-13-15-21(16-14-18)25-29(27,28)22-12-7-9-19(17-22)23(26)24-20-10-5-4-6-11-20/h7,9,12-17,20,25H,2-6,8,10-11H2,1H3,(H,24,26). The summed E-state index contributed by atoms with van der Waals surface area (Å²) in [5.41, 5.74) is 2.08. The largest absolute Gasteiger partial charge is 0.349 e. The second kappa shape index (κ2) is 9.92. The fourth-order valence-electron chi connectivity index (χ4n) is 3.65. The van der Waals surface area contributed by atoms with Gasteiger partial charge in [-0.05, 0) is 61.6 Å². The molecule has 1 aliphatic carbocycles. The number of carbonyl (C=O) groups is 1. The maximum absolute atomic E-state index is 12.8. The summed E-state index contributed by atoms with van der Waals surface area (Å²) in [5.74, 6) is -0.214. The van der Waals surface area contributed by atoms with Crippen molar-refractivity contribution in [2.45, 2.75) is 69.2 Å². The van der Waals surface area contributed by atoms with Crippen molar-refractivity contribution < 1.29 is 13.2 Å².